The van der Waals surface area contributed by atoms with E-state index in [1.807, 2.05) is 13.8 Å². The summed E-state index contributed by atoms with van der Waals surface area (Å²) in [7, 11) is 0. The van der Waals surface area contributed by atoms with Crippen LogP contribution in [0.3, 0.4) is 0 Å². The molecule has 0 fully saturated rings. The number of ketones is 1. The molecule has 4 aromatic rings. The zero-order valence-electron chi connectivity index (χ0n) is 19.2. The molecule has 0 N–H and O–H groups in total. The van der Waals surface area contributed by atoms with Crippen molar-refractivity contribution in [3.05, 3.63) is 95.3 Å². The van der Waals surface area contributed by atoms with Gasteiger partial charge in [0.25, 0.3) is 11.6 Å². The van der Waals surface area contributed by atoms with Crippen LogP contribution in [0.4, 0.5) is 10.8 Å². The molecular formula is C25H19N3O6S. The van der Waals surface area contributed by atoms with Gasteiger partial charge in [0.1, 0.15) is 5.58 Å². The number of aromatic nitrogens is 1. The summed E-state index contributed by atoms with van der Waals surface area (Å²) in [5, 5.41) is 11.7. The predicted octanol–water partition coefficient (Wildman–Crippen LogP) is 5.04. The third-order valence-corrected chi connectivity index (χ3v) is 7.47. The number of nitro groups is 1. The Balaban J connectivity index is 1.80. The van der Waals surface area contributed by atoms with Crippen LogP contribution >= 0.6 is 11.3 Å². The van der Waals surface area contributed by atoms with Crippen LogP contribution in [0.5, 0.6) is 0 Å². The molecule has 0 aliphatic carbocycles. The summed E-state index contributed by atoms with van der Waals surface area (Å²) in [5.74, 6) is -0.857. The van der Waals surface area contributed by atoms with Gasteiger partial charge in [-0.05, 0) is 61.7 Å². The third-order valence-electron chi connectivity index (χ3n) is 6.22. The van der Waals surface area contributed by atoms with Crippen molar-refractivity contribution in [1.82, 2.24) is 4.98 Å². The largest absolute Gasteiger partial charge is 0.450 e. The number of amides is 1. The fourth-order valence-corrected chi connectivity index (χ4v) is 5.32. The number of rotatable bonds is 4. The van der Waals surface area contributed by atoms with Crippen molar-refractivity contribution in [2.45, 2.75) is 33.7 Å². The summed E-state index contributed by atoms with van der Waals surface area (Å²) in [6.45, 7) is 6.86. The molecule has 1 atom stereocenters. The van der Waals surface area contributed by atoms with E-state index in [2.05, 4.69) is 4.98 Å². The molecule has 35 heavy (non-hydrogen) atoms. The maximum atomic E-state index is 13.7. The zero-order chi connectivity index (χ0) is 25.2. The first kappa shape index (κ1) is 22.6. The first-order valence-electron chi connectivity index (χ1n) is 10.7. The molecule has 1 aliphatic rings. The molecule has 0 saturated carbocycles. The van der Waals surface area contributed by atoms with Crippen molar-refractivity contribution < 1.29 is 18.9 Å². The smallest absolute Gasteiger partial charge is 0.297 e. The minimum absolute atomic E-state index is 0.105. The molecule has 2 aromatic heterocycles. The number of anilines is 1. The van der Waals surface area contributed by atoms with Gasteiger partial charge in [0, 0.05) is 19.1 Å². The van der Waals surface area contributed by atoms with Gasteiger partial charge in [0.2, 0.25) is 5.76 Å². The van der Waals surface area contributed by atoms with Crippen molar-refractivity contribution in [2.24, 2.45) is 0 Å². The second-order valence-corrected chi connectivity index (χ2v) is 9.48. The number of fused-ring (bicyclic) bond motifs is 2. The SMILES string of the molecule is CC(=O)c1sc(N2C(=O)c3oc4cc(C)c(C)cc4c(=O)c3C2c2ccc([N+](=O)[O-])cc2)nc1C. The van der Waals surface area contributed by atoms with Crippen LogP contribution in [0.1, 0.15) is 61.1 Å². The van der Waals surface area contributed by atoms with Crippen LogP contribution in [0.2, 0.25) is 0 Å². The number of carbonyl (C=O) groups excluding carboxylic acids is 2. The van der Waals surface area contributed by atoms with Crippen molar-refractivity contribution >= 4 is 44.8 Å². The standard InChI is InChI=1S/C25H19N3O6S/c1-11-9-17-18(10-12(11)2)34-22-19(21(17)30)20(15-5-7-16(8-6-15)28(32)33)27(24(22)31)25-26-13(3)23(35-25)14(4)29/h5-10,20H,1-4H3. The lowest BCUT2D eigenvalue weighted by molar-refractivity contribution is -0.384. The zero-order valence-corrected chi connectivity index (χ0v) is 20.1. The number of carbonyl (C=O) groups is 2. The summed E-state index contributed by atoms with van der Waals surface area (Å²) >= 11 is 1.05. The molecule has 0 bridgehead atoms. The third kappa shape index (κ3) is 3.45. The van der Waals surface area contributed by atoms with Crippen molar-refractivity contribution in [1.29, 1.82) is 0 Å². The van der Waals surface area contributed by atoms with Gasteiger partial charge in [0.15, 0.2) is 16.3 Å². The molecule has 3 heterocycles. The highest BCUT2D eigenvalue weighted by molar-refractivity contribution is 7.17. The molecular weight excluding hydrogens is 470 g/mol. The van der Waals surface area contributed by atoms with E-state index in [1.54, 1.807) is 19.1 Å². The summed E-state index contributed by atoms with van der Waals surface area (Å²) in [4.78, 5) is 56.3. The average Bonchev–Trinajstić information content (AvgIpc) is 3.33. The molecule has 176 valence electrons. The van der Waals surface area contributed by atoms with E-state index < -0.39 is 16.9 Å². The highest BCUT2D eigenvalue weighted by atomic mass is 32.1. The monoisotopic (exact) mass is 489 g/mol. The number of non-ortho nitro benzene ring substituents is 1. The minimum Gasteiger partial charge on any atom is -0.450 e. The molecule has 0 radical (unpaired) electrons. The van der Waals surface area contributed by atoms with Gasteiger partial charge in [-0.2, -0.15) is 0 Å². The Hall–Kier alpha value is -4.18. The maximum Gasteiger partial charge on any atom is 0.297 e. The molecule has 2 aromatic carbocycles. The normalized spacial score (nSPS) is 15.0. The van der Waals surface area contributed by atoms with E-state index in [-0.39, 0.29) is 33.4 Å². The van der Waals surface area contributed by atoms with E-state index in [4.69, 9.17) is 4.42 Å². The molecule has 9 nitrogen and oxygen atoms in total. The minimum atomic E-state index is -0.925. The van der Waals surface area contributed by atoms with Gasteiger partial charge in [-0.1, -0.05) is 11.3 Å². The van der Waals surface area contributed by atoms with Crippen LogP contribution in [0, 0.1) is 30.9 Å². The van der Waals surface area contributed by atoms with Gasteiger partial charge in [-0.3, -0.25) is 29.4 Å². The Morgan fingerprint density at radius 1 is 1.11 bits per heavy atom. The van der Waals surface area contributed by atoms with E-state index >= 15 is 0 Å². The molecule has 0 saturated heterocycles. The van der Waals surface area contributed by atoms with Crippen molar-refractivity contribution in [2.75, 3.05) is 4.90 Å². The first-order valence-corrected chi connectivity index (χ1v) is 11.5. The second kappa shape index (κ2) is 7.95. The predicted molar refractivity (Wildman–Crippen MR) is 131 cm³/mol. The summed E-state index contributed by atoms with van der Waals surface area (Å²) in [6, 6.07) is 8.19. The summed E-state index contributed by atoms with van der Waals surface area (Å²) in [5.41, 5.74) is 2.73. The quantitative estimate of drug-likeness (QED) is 0.224. The van der Waals surface area contributed by atoms with Crippen LogP contribution in [-0.4, -0.2) is 21.6 Å². The van der Waals surface area contributed by atoms with Crippen molar-refractivity contribution in [3.63, 3.8) is 0 Å². The van der Waals surface area contributed by atoms with Gasteiger partial charge < -0.3 is 4.42 Å². The summed E-state index contributed by atoms with van der Waals surface area (Å²) in [6.07, 6.45) is 0. The Morgan fingerprint density at radius 3 is 2.37 bits per heavy atom. The number of hydrogen-bond acceptors (Lipinski definition) is 8. The Kier molecular flexibility index (Phi) is 5.13. The molecule has 10 heteroatoms. The number of benzene rings is 2. The fourth-order valence-electron chi connectivity index (χ4n) is 4.33. The van der Waals surface area contributed by atoms with Crippen LogP contribution in [0.15, 0.2) is 45.6 Å². The van der Waals surface area contributed by atoms with Crippen molar-refractivity contribution in [3.8, 4) is 0 Å². The van der Waals surface area contributed by atoms with Gasteiger partial charge in [0.05, 0.1) is 32.5 Å². The second-order valence-electron chi connectivity index (χ2n) is 8.50. The molecule has 1 amide bonds. The Morgan fingerprint density at radius 2 is 1.77 bits per heavy atom. The number of aryl methyl sites for hydroxylation is 3. The first-order chi connectivity index (χ1) is 16.6. The van der Waals surface area contributed by atoms with Gasteiger partial charge >= 0.3 is 0 Å². The maximum absolute atomic E-state index is 13.7. The molecule has 0 spiro atoms. The Labute approximate surface area is 202 Å². The lowest BCUT2D eigenvalue weighted by Crippen LogP contribution is -2.29. The number of nitrogens with zero attached hydrogens (tertiary/aromatic N) is 3. The van der Waals surface area contributed by atoms with Crippen LogP contribution < -0.4 is 10.3 Å². The molecule has 5 rings (SSSR count). The summed E-state index contributed by atoms with van der Waals surface area (Å²) < 4.78 is 5.99. The van der Waals surface area contributed by atoms with Crippen LogP contribution in [-0.2, 0) is 0 Å². The van der Waals surface area contributed by atoms with Crippen LogP contribution in [0.25, 0.3) is 11.0 Å². The lowest BCUT2D eigenvalue weighted by atomic mass is 9.97. The van der Waals surface area contributed by atoms with E-state index in [9.17, 15) is 24.5 Å². The number of hydrogen-bond donors (Lipinski definition) is 0. The average molecular weight is 490 g/mol. The molecule has 1 aliphatic heterocycles. The van der Waals surface area contributed by atoms with E-state index in [0.29, 0.717) is 27.1 Å². The number of nitro benzene ring substituents is 1. The fraction of sp³-hybridized carbons (Fsp3) is 0.200. The van der Waals surface area contributed by atoms with Gasteiger partial charge in [-0.25, -0.2) is 4.98 Å². The van der Waals surface area contributed by atoms with E-state index in [0.717, 1.165) is 22.5 Å². The molecule has 1 unspecified atom stereocenters. The highest BCUT2D eigenvalue weighted by Gasteiger charge is 2.45. The van der Waals surface area contributed by atoms with Gasteiger partial charge in [-0.15, -0.1) is 0 Å². The number of thiazole rings is 1. The highest BCUT2D eigenvalue weighted by Crippen LogP contribution is 2.43. The lowest BCUT2D eigenvalue weighted by Gasteiger charge is -2.22. The Bertz CT molecular complexity index is 1630. The number of Topliss-reactive ketones (excluding diaryl/α,β-unsaturated/α-hetero) is 1. The van der Waals surface area contributed by atoms with E-state index in [1.165, 1.54) is 36.1 Å². The topological polar surface area (TPSA) is 124 Å².